The van der Waals surface area contributed by atoms with E-state index in [1.807, 2.05) is 12.3 Å². The molecule has 138 valence electrons. The number of anilines is 1. The Kier molecular flexibility index (Phi) is 6.25. The van der Waals surface area contributed by atoms with E-state index < -0.39 is 0 Å². The number of hydrogen-bond acceptors (Lipinski definition) is 5. The SMILES string of the molecule is CCCNC(=O)Nc1cccc(OC(=O)C[C@H]2OCCc3ccsc32)c1. The van der Waals surface area contributed by atoms with Gasteiger partial charge in [0.1, 0.15) is 11.9 Å². The highest BCUT2D eigenvalue weighted by molar-refractivity contribution is 7.10. The van der Waals surface area contributed by atoms with E-state index in [0.29, 0.717) is 24.6 Å². The molecule has 0 spiro atoms. The first-order valence-corrected chi connectivity index (χ1v) is 9.57. The van der Waals surface area contributed by atoms with Crippen LogP contribution < -0.4 is 15.4 Å². The van der Waals surface area contributed by atoms with E-state index in [9.17, 15) is 9.59 Å². The molecule has 3 rings (SSSR count). The van der Waals surface area contributed by atoms with E-state index >= 15 is 0 Å². The first-order valence-electron chi connectivity index (χ1n) is 8.69. The Morgan fingerprint density at radius 3 is 3.08 bits per heavy atom. The smallest absolute Gasteiger partial charge is 0.319 e. The molecule has 2 amide bonds. The Balaban J connectivity index is 1.57. The van der Waals surface area contributed by atoms with Crippen LogP contribution in [0.25, 0.3) is 0 Å². The van der Waals surface area contributed by atoms with Crippen LogP contribution in [0.3, 0.4) is 0 Å². The van der Waals surface area contributed by atoms with Gasteiger partial charge in [-0.2, -0.15) is 0 Å². The second kappa shape index (κ2) is 8.82. The van der Waals surface area contributed by atoms with Crippen molar-refractivity contribution in [2.45, 2.75) is 32.3 Å². The lowest BCUT2D eigenvalue weighted by atomic mass is 10.1. The van der Waals surface area contributed by atoms with Crippen LogP contribution >= 0.6 is 11.3 Å². The molecule has 1 atom stereocenters. The molecule has 1 aromatic carbocycles. The van der Waals surface area contributed by atoms with Crippen molar-refractivity contribution in [2.24, 2.45) is 0 Å². The molecule has 2 heterocycles. The van der Waals surface area contributed by atoms with Crippen LogP contribution in [0.15, 0.2) is 35.7 Å². The summed E-state index contributed by atoms with van der Waals surface area (Å²) in [6.45, 7) is 3.20. The number of esters is 1. The Morgan fingerprint density at radius 2 is 2.23 bits per heavy atom. The number of amides is 2. The van der Waals surface area contributed by atoms with Crippen LogP contribution in [0.4, 0.5) is 10.5 Å². The number of carbonyl (C=O) groups is 2. The fourth-order valence-corrected chi connectivity index (χ4v) is 3.75. The van der Waals surface area contributed by atoms with Gasteiger partial charge < -0.3 is 20.1 Å². The number of rotatable bonds is 6. The van der Waals surface area contributed by atoms with Crippen molar-refractivity contribution in [1.82, 2.24) is 5.32 Å². The summed E-state index contributed by atoms with van der Waals surface area (Å²) in [5.74, 6) is 0.0364. The van der Waals surface area contributed by atoms with Crippen molar-refractivity contribution in [1.29, 1.82) is 0 Å². The van der Waals surface area contributed by atoms with E-state index in [1.54, 1.807) is 35.6 Å². The van der Waals surface area contributed by atoms with E-state index in [0.717, 1.165) is 17.7 Å². The Bertz CT molecular complexity index is 774. The fourth-order valence-electron chi connectivity index (χ4n) is 2.75. The molecule has 1 aliphatic rings. The summed E-state index contributed by atoms with van der Waals surface area (Å²) in [4.78, 5) is 25.1. The van der Waals surface area contributed by atoms with Gasteiger partial charge in [0.05, 0.1) is 13.0 Å². The van der Waals surface area contributed by atoms with E-state index in [-0.39, 0.29) is 24.5 Å². The third kappa shape index (κ3) is 4.83. The van der Waals surface area contributed by atoms with Gasteiger partial charge in [0.25, 0.3) is 0 Å². The zero-order valence-corrected chi connectivity index (χ0v) is 15.4. The van der Waals surface area contributed by atoms with Crippen LogP contribution in [-0.2, 0) is 16.0 Å². The van der Waals surface area contributed by atoms with Crippen LogP contribution in [-0.4, -0.2) is 25.2 Å². The molecule has 6 nitrogen and oxygen atoms in total. The summed E-state index contributed by atoms with van der Waals surface area (Å²) in [6.07, 6.45) is 1.67. The van der Waals surface area contributed by atoms with Gasteiger partial charge in [-0.1, -0.05) is 13.0 Å². The number of fused-ring (bicyclic) bond motifs is 1. The van der Waals surface area contributed by atoms with E-state index in [1.165, 1.54) is 5.56 Å². The third-order valence-electron chi connectivity index (χ3n) is 3.97. The van der Waals surface area contributed by atoms with Gasteiger partial charge in [0, 0.05) is 23.2 Å². The van der Waals surface area contributed by atoms with Crippen molar-refractivity contribution < 1.29 is 19.1 Å². The highest BCUT2D eigenvalue weighted by Crippen LogP contribution is 2.34. The molecule has 7 heteroatoms. The molecule has 0 unspecified atom stereocenters. The molecule has 0 fully saturated rings. The zero-order valence-electron chi connectivity index (χ0n) is 14.6. The van der Waals surface area contributed by atoms with Gasteiger partial charge in [-0.15, -0.1) is 11.3 Å². The molecule has 0 bridgehead atoms. The van der Waals surface area contributed by atoms with Gasteiger partial charge in [-0.25, -0.2) is 4.79 Å². The second-order valence-corrected chi connectivity index (χ2v) is 6.95. The van der Waals surface area contributed by atoms with Gasteiger partial charge in [-0.05, 0) is 42.0 Å². The highest BCUT2D eigenvalue weighted by Gasteiger charge is 2.25. The minimum absolute atomic E-state index is 0.169. The monoisotopic (exact) mass is 374 g/mol. The maximum Gasteiger partial charge on any atom is 0.319 e. The van der Waals surface area contributed by atoms with Crippen molar-refractivity contribution in [3.05, 3.63) is 46.2 Å². The fraction of sp³-hybridized carbons (Fsp3) is 0.368. The number of thiophene rings is 1. The molecular formula is C19H22N2O4S. The topological polar surface area (TPSA) is 76.7 Å². The first kappa shape index (κ1) is 18.4. The van der Waals surface area contributed by atoms with E-state index in [4.69, 9.17) is 9.47 Å². The molecule has 2 aromatic rings. The summed E-state index contributed by atoms with van der Waals surface area (Å²) in [5, 5.41) is 7.47. The van der Waals surface area contributed by atoms with Crippen LogP contribution in [0.2, 0.25) is 0 Å². The van der Waals surface area contributed by atoms with Gasteiger partial charge in [0.2, 0.25) is 0 Å². The zero-order chi connectivity index (χ0) is 18.4. The number of urea groups is 1. The number of ether oxygens (including phenoxy) is 2. The summed E-state index contributed by atoms with van der Waals surface area (Å²) in [5.41, 5.74) is 1.82. The van der Waals surface area contributed by atoms with Crippen molar-refractivity contribution in [2.75, 3.05) is 18.5 Å². The Labute approximate surface area is 156 Å². The predicted octanol–water partition coefficient (Wildman–Crippen LogP) is 3.89. The average Bonchev–Trinajstić information content (AvgIpc) is 3.10. The third-order valence-corrected chi connectivity index (χ3v) is 5.03. The molecule has 0 saturated carbocycles. The van der Waals surface area contributed by atoms with Gasteiger partial charge >= 0.3 is 12.0 Å². The van der Waals surface area contributed by atoms with E-state index in [2.05, 4.69) is 16.7 Å². The van der Waals surface area contributed by atoms with Crippen molar-refractivity contribution >= 4 is 29.0 Å². The number of carbonyl (C=O) groups excluding carboxylic acids is 2. The molecule has 0 saturated heterocycles. The molecule has 1 aliphatic heterocycles. The van der Waals surface area contributed by atoms with Gasteiger partial charge in [-0.3, -0.25) is 4.79 Å². The molecule has 2 N–H and O–H groups in total. The number of hydrogen-bond donors (Lipinski definition) is 2. The lowest BCUT2D eigenvalue weighted by molar-refractivity contribution is -0.137. The van der Waals surface area contributed by atoms with Crippen LogP contribution in [0.5, 0.6) is 5.75 Å². The second-order valence-electron chi connectivity index (χ2n) is 6.01. The first-order chi connectivity index (χ1) is 12.7. The molecule has 1 aromatic heterocycles. The van der Waals surface area contributed by atoms with Crippen LogP contribution in [0, 0.1) is 0 Å². The highest BCUT2D eigenvalue weighted by atomic mass is 32.1. The maximum atomic E-state index is 12.3. The number of nitrogens with one attached hydrogen (secondary N) is 2. The largest absolute Gasteiger partial charge is 0.426 e. The quantitative estimate of drug-likeness (QED) is 0.594. The molecule has 0 aliphatic carbocycles. The lowest BCUT2D eigenvalue weighted by Gasteiger charge is -2.22. The van der Waals surface area contributed by atoms with Crippen LogP contribution in [0.1, 0.15) is 36.3 Å². The minimum atomic E-state index is -0.358. The minimum Gasteiger partial charge on any atom is -0.426 e. The lowest BCUT2D eigenvalue weighted by Crippen LogP contribution is -2.29. The normalized spacial score (nSPS) is 15.8. The van der Waals surface area contributed by atoms with Gasteiger partial charge in [0.15, 0.2) is 0 Å². The summed E-state index contributed by atoms with van der Waals surface area (Å²) >= 11 is 1.61. The van der Waals surface area contributed by atoms with Crippen molar-refractivity contribution in [3.63, 3.8) is 0 Å². The maximum absolute atomic E-state index is 12.3. The number of benzene rings is 1. The summed E-state index contributed by atoms with van der Waals surface area (Å²) in [7, 11) is 0. The Hall–Kier alpha value is -2.38. The molecule has 0 radical (unpaired) electrons. The summed E-state index contributed by atoms with van der Waals surface area (Å²) in [6, 6.07) is 8.58. The molecule has 26 heavy (non-hydrogen) atoms. The standard InChI is InChI=1S/C19H22N2O4S/c1-2-8-20-19(23)21-14-4-3-5-15(11-14)25-17(22)12-16-18-13(6-9-24-16)7-10-26-18/h3-5,7,10-11,16H,2,6,8-9,12H2,1H3,(H2,20,21,23)/t16-/m1/s1. The molecular weight excluding hydrogens is 352 g/mol. The Morgan fingerprint density at radius 1 is 1.35 bits per heavy atom. The predicted molar refractivity (Wildman–Crippen MR) is 101 cm³/mol. The van der Waals surface area contributed by atoms with Crippen molar-refractivity contribution in [3.8, 4) is 5.75 Å². The summed E-state index contributed by atoms with van der Waals surface area (Å²) < 4.78 is 11.2. The average molecular weight is 374 g/mol.